The summed E-state index contributed by atoms with van der Waals surface area (Å²) in [5, 5.41) is 0. The molecule has 0 spiro atoms. The molecule has 1 aliphatic heterocycles. The van der Waals surface area contributed by atoms with Crippen LogP contribution >= 0.6 is 0 Å². The first-order valence-corrected chi connectivity index (χ1v) is 11.5. The minimum Gasteiger partial charge on any atom is -0.494 e. The highest BCUT2D eigenvalue weighted by Crippen LogP contribution is 2.21. The first-order valence-electron chi connectivity index (χ1n) is 11.5. The summed E-state index contributed by atoms with van der Waals surface area (Å²) >= 11 is 0. The SMILES string of the molecule is CCCCOc1ccc(C=CC(=O)CCN2CCCCC2Cc2ccccc2)cc1. The molecule has 30 heavy (non-hydrogen) atoms. The zero-order chi connectivity index (χ0) is 21.0. The smallest absolute Gasteiger partial charge is 0.156 e. The van der Waals surface area contributed by atoms with Crippen LogP contribution < -0.4 is 4.74 Å². The van der Waals surface area contributed by atoms with E-state index in [0.29, 0.717) is 12.5 Å². The maximum Gasteiger partial charge on any atom is 0.156 e. The molecule has 1 unspecified atom stereocenters. The quantitative estimate of drug-likeness (QED) is 0.342. The molecule has 0 bridgehead atoms. The molecule has 3 nitrogen and oxygen atoms in total. The van der Waals surface area contributed by atoms with Crippen LogP contribution in [-0.4, -0.2) is 36.4 Å². The van der Waals surface area contributed by atoms with E-state index in [1.165, 1.54) is 24.8 Å². The lowest BCUT2D eigenvalue weighted by Gasteiger charge is -2.35. The number of likely N-dealkylation sites (tertiary alicyclic amines) is 1. The van der Waals surface area contributed by atoms with E-state index < -0.39 is 0 Å². The van der Waals surface area contributed by atoms with E-state index in [0.717, 1.165) is 50.3 Å². The van der Waals surface area contributed by atoms with Crippen molar-refractivity contribution in [2.24, 2.45) is 0 Å². The number of piperidine rings is 1. The molecule has 1 saturated heterocycles. The lowest BCUT2D eigenvalue weighted by molar-refractivity contribution is -0.115. The number of carbonyl (C=O) groups is 1. The maximum absolute atomic E-state index is 12.4. The second kappa shape index (κ2) is 12.3. The van der Waals surface area contributed by atoms with Crippen LogP contribution in [0, 0.1) is 0 Å². The number of benzene rings is 2. The Hall–Kier alpha value is -2.39. The van der Waals surface area contributed by atoms with Crippen molar-refractivity contribution in [3.63, 3.8) is 0 Å². The number of carbonyl (C=O) groups excluding carboxylic acids is 1. The molecular formula is C27H35NO2. The number of ketones is 1. The Morgan fingerprint density at radius 2 is 1.90 bits per heavy atom. The van der Waals surface area contributed by atoms with Crippen LogP contribution in [0.15, 0.2) is 60.7 Å². The van der Waals surface area contributed by atoms with Crippen molar-refractivity contribution in [1.82, 2.24) is 4.90 Å². The molecule has 0 aromatic heterocycles. The molecule has 0 radical (unpaired) electrons. The van der Waals surface area contributed by atoms with Crippen LogP contribution in [0.25, 0.3) is 6.08 Å². The summed E-state index contributed by atoms with van der Waals surface area (Å²) in [4.78, 5) is 14.9. The number of unbranched alkanes of at least 4 members (excludes halogenated alkanes) is 1. The van der Waals surface area contributed by atoms with Gasteiger partial charge in [-0.1, -0.05) is 68.3 Å². The van der Waals surface area contributed by atoms with Crippen molar-refractivity contribution >= 4 is 11.9 Å². The Bertz CT molecular complexity index is 782. The molecule has 160 valence electrons. The molecule has 2 aromatic carbocycles. The van der Waals surface area contributed by atoms with Crippen LogP contribution in [0.3, 0.4) is 0 Å². The van der Waals surface area contributed by atoms with Crippen molar-refractivity contribution < 1.29 is 9.53 Å². The van der Waals surface area contributed by atoms with Gasteiger partial charge >= 0.3 is 0 Å². The van der Waals surface area contributed by atoms with Gasteiger partial charge < -0.3 is 4.74 Å². The highest BCUT2D eigenvalue weighted by molar-refractivity contribution is 5.93. The number of allylic oxidation sites excluding steroid dienone is 1. The van der Waals surface area contributed by atoms with Crippen molar-refractivity contribution in [3.8, 4) is 5.75 Å². The van der Waals surface area contributed by atoms with Gasteiger partial charge in [-0.15, -0.1) is 0 Å². The fourth-order valence-electron chi connectivity index (χ4n) is 4.01. The minimum atomic E-state index is 0.197. The van der Waals surface area contributed by atoms with E-state index in [2.05, 4.69) is 42.2 Å². The van der Waals surface area contributed by atoms with Crippen LogP contribution in [-0.2, 0) is 11.2 Å². The predicted molar refractivity (Wildman–Crippen MR) is 125 cm³/mol. The van der Waals surface area contributed by atoms with Gasteiger partial charge in [0.1, 0.15) is 5.75 Å². The highest BCUT2D eigenvalue weighted by atomic mass is 16.5. The highest BCUT2D eigenvalue weighted by Gasteiger charge is 2.22. The van der Waals surface area contributed by atoms with E-state index in [1.54, 1.807) is 6.08 Å². The Labute approximate surface area is 181 Å². The van der Waals surface area contributed by atoms with Crippen molar-refractivity contribution in [3.05, 3.63) is 71.8 Å². The summed E-state index contributed by atoms with van der Waals surface area (Å²) in [6.45, 7) is 4.87. The van der Waals surface area contributed by atoms with Gasteiger partial charge in [-0.05, 0) is 61.6 Å². The first kappa shape index (κ1) is 22.3. The minimum absolute atomic E-state index is 0.197. The van der Waals surface area contributed by atoms with Crippen LogP contribution in [0.5, 0.6) is 5.75 Å². The van der Waals surface area contributed by atoms with Gasteiger partial charge in [-0.3, -0.25) is 9.69 Å². The third kappa shape index (κ3) is 7.46. The monoisotopic (exact) mass is 405 g/mol. The molecule has 0 aliphatic carbocycles. The van der Waals surface area contributed by atoms with E-state index in [1.807, 2.05) is 30.3 Å². The van der Waals surface area contributed by atoms with Crippen LogP contribution in [0.4, 0.5) is 0 Å². The third-order valence-corrected chi connectivity index (χ3v) is 5.82. The summed E-state index contributed by atoms with van der Waals surface area (Å²) < 4.78 is 5.69. The average Bonchev–Trinajstić information content (AvgIpc) is 2.79. The lowest BCUT2D eigenvalue weighted by atomic mass is 9.95. The van der Waals surface area contributed by atoms with E-state index in [-0.39, 0.29) is 5.78 Å². The van der Waals surface area contributed by atoms with Crippen molar-refractivity contribution in [2.45, 2.75) is 57.9 Å². The number of nitrogens with zero attached hydrogens (tertiary/aromatic N) is 1. The number of rotatable bonds is 11. The normalized spacial score (nSPS) is 17.3. The molecule has 1 aliphatic rings. The number of ether oxygens (including phenoxy) is 1. The Morgan fingerprint density at radius 1 is 1.10 bits per heavy atom. The Morgan fingerprint density at radius 3 is 2.67 bits per heavy atom. The summed E-state index contributed by atoms with van der Waals surface area (Å²) in [5.74, 6) is 1.09. The van der Waals surface area contributed by atoms with Crippen molar-refractivity contribution in [2.75, 3.05) is 19.7 Å². The zero-order valence-electron chi connectivity index (χ0n) is 18.3. The summed E-state index contributed by atoms with van der Waals surface area (Å²) in [6, 6.07) is 19.2. The molecule has 1 heterocycles. The molecule has 0 saturated carbocycles. The van der Waals surface area contributed by atoms with Crippen LogP contribution in [0.1, 0.15) is 56.6 Å². The third-order valence-electron chi connectivity index (χ3n) is 5.82. The largest absolute Gasteiger partial charge is 0.494 e. The molecule has 3 rings (SSSR count). The van der Waals surface area contributed by atoms with Gasteiger partial charge in [0.2, 0.25) is 0 Å². The molecule has 3 heteroatoms. The van der Waals surface area contributed by atoms with Gasteiger partial charge in [-0.25, -0.2) is 0 Å². The van der Waals surface area contributed by atoms with E-state index in [9.17, 15) is 4.79 Å². The topological polar surface area (TPSA) is 29.5 Å². The Balaban J connectivity index is 1.45. The summed E-state index contributed by atoms with van der Waals surface area (Å²) in [7, 11) is 0. The van der Waals surface area contributed by atoms with E-state index in [4.69, 9.17) is 4.74 Å². The maximum atomic E-state index is 12.4. The van der Waals surface area contributed by atoms with Gasteiger partial charge in [0.15, 0.2) is 5.78 Å². The summed E-state index contributed by atoms with van der Waals surface area (Å²) in [5.41, 5.74) is 2.42. The van der Waals surface area contributed by atoms with Crippen LogP contribution in [0.2, 0.25) is 0 Å². The van der Waals surface area contributed by atoms with Gasteiger partial charge in [0.05, 0.1) is 6.61 Å². The Kier molecular flexibility index (Phi) is 9.17. The number of hydrogen-bond acceptors (Lipinski definition) is 3. The van der Waals surface area contributed by atoms with Gasteiger partial charge in [-0.2, -0.15) is 0 Å². The zero-order valence-corrected chi connectivity index (χ0v) is 18.3. The standard InChI is InChI=1S/C27H35NO2/c1-2-3-21-30-27-16-13-23(14-17-27)12-15-26(29)18-20-28-19-8-7-11-25(28)22-24-9-5-4-6-10-24/h4-6,9-10,12-17,25H,2-3,7-8,11,18-22H2,1H3. The number of hydrogen-bond donors (Lipinski definition) is 0. The molecule has 2 aromatic rings. The summed E-state index contributed by atoms with van der Waals surface area (Å²) in [6.07, 6.45) is 11.3. The lowest BCUT2D eigenvalue weighted by Crippen LogP contribution is -2.41. The van der Waals surface area contributed by atoms with Crippen molar-refractivity contribution in [1.29, 1.82) is 0 Å². The molecule has 1 atom stereocenters. The second-order valence-corrected chi connectivity index (χ2v) is 8.20. The fourth-order valence-corrected chi connectivity index (χ4v) is 4.01. The molecular weight excluding hydrogens is 370 g/mol. The molecule has 0 N–H and O–H groups in total. The van der Waals surface area contributed by atoms with Gasteiger partial charge in [0.25, 0.3) is 0 Å². The van der Waals surface area contributed by atoms with Gasteiger partial charge in [0, 0.05) is 19.0 Å². The molecule has 1 fully saturated rings. The first-order chi connectivity index (χ1) is 14.7. The molecule has 0 amide bonds. The fraction of sp³-hybridized carbons (Fsp3) is 0.444. The second-order valence-electron chi connectivity index (χ2n) is 8.20. The predicted octanol–water partition coefficient (Wildman–Crippen LogP) is 5.94. The average molecular weight is 406 g/mol. The van der Waals surface area contributed by atoms with E-state index >= 15 is 0 Å².